The lowest BCUT2D eigenvalue weighted by atomic mass is 10.1. The van der Waals surface area contributed by atoms with Gasteiger partial charge in [0.2, 0.25) is 5.91 Å². The second-order valence-corrected chi connectivity index (χ2v) is 8.85. The van der Waals surface area contributed by atoms with Crippen molar-refractivity contribution < 1.29 is 9.59 Å². The van der Waals surface area contributed by atoms with Crippen molar-refractivity contribution in [2.45, 2.75) is 32.2 Å². The van der Waals surface area contributed by atoms with Gasteiger partial charge in [-0.15, -0.1) is 11.3 Å². The first-order valence-corrected chi connectivity index (χ1v) is 10.4. The number of nitrogens with zero attached hydrogens (tertiary/aromatic N) is 1. The van der Waals surface area contributed by atoms with Crippen LogP contribution in [0.25, 0.3) is 0 Å². The van der Waals surface area contributed by atoms with Gasteiger partial charge in [-0.2, -0.15) is 0 Å². The van der Waals surface area contributed by atoms with E-state index in [4.69, 9.17) is 0 Å². The Kier molecular flexibility index (Phi) is 6.32. The van der Waals surface area contributed by atoms with Gasteiger partial charge in [0, 0.05) is 24.5 Å². The van der Waals surface area contributed by atoms with E-state index < -0.39 is 6.04 Å². The van der Waals surface area contributed by atoms with Crippen LogP contribution in [0.5, 0.6) is 0 Å². The smallest absolute Gasteiger partial charge is 0.262 e. The SMILES string of the molecule is CC(NC(=O)c1ccc(Br)s1)C(=O)Nc1ccc(N2CCCCC2)cc1. The van der Waals surface area contributed by atoms with Crippen LogP contribution in [0, 0.1) is 0 Å². The highest BCUT2D eigenvalue weighted by molar-refractivity contribution is 9.11. The van der Waals surface area contributed by atoms with Crippen LogP contribution in [0.2, 0.25) is 0 Å². The third-order valence-corrected chi connectivity index (χ3v) is 6.02. The average molecular weight is 436 g/mol. The fourth-order valence-electron chi connectivity index (χ4n) is 2.93. The lowest BCUT2D eigenvalue weighted by Gasteiger charge is -2.28. The number of anilines is 2. The van der Waals surface area contributed by atoms with Crippen LogP contribution in [0.4, 0.5) is 11.4 Å². The number of hydrogen-bond acceptors (Lipinski definition) is 4. The Morgan fingerprint density at radius 1 is 1.08 bits per heavy atom. The largest absolute Gasteiger partial charge is 0.372 e. The first-order valence-electron chi connectivity index (χ1n) is 8.75. The van der Waals surface area contributed by atoms with E-state index in [-0.39, 0.29) is 11.8 Å². The number of halogens is 1. The monoisotopic (exact) mass is 435 g/mol. The lowest BCUT2D eigenvalue weighted by Crippen LogP contribution is -2.41. The number of nitrogens with one attached hydrogen (secondary N) is 2. The highest BCUT2D eigenvalue weighted by atomic mass is 79.9. The second-order valence-electron chi connectivity index (χ2n) is 6.38. The summed E-state index contributed by atoms with van der Waals surface area (Å²) in [5.41, 5.74) is 1.92. The van der Waals surface area contributed by atoms with Gasteiger partial charge in [0.25, 0.3) is 5.91 Å². The van der Waals surface area contributed by atoms with E-state index in [1.807, 2.05) is 30.3 Å². The van der Waals surface area contributed by atoms with Gasteiger partial charge < -0.3 is 15.5 Å². The molecule has 0 spiro atoms. The van der Waals surface area contributed by atoms with Crippen molar-refractivity contribution in [3.8, 4) is 0 Å². The fraction of sp³-hybridized carbons (Fsp3) is 0.368. The van der Waals surface area contributed by atoms with Crippen molar-refractivity contribution in [2.24, 2.45) is 0 Å². The number of piperidine rings is 1. The molecule has 2 N–H and O–H groups in total. The Morgan fingerprint density at radius 3 is 2.38 bits per heavy atom. The molecule has 2 heterocycles. The number of carbonyl (C=O) groups excluding carboxylic acids is 2. The fourth-order valence-corrected chi connectivity index (χ4v) is 4.22. The van der Waals surface area contributed by atoms with Crippen molar-refractivity contribution >= 4 is 50.5 Å². The summed E-state index contributed by atoms with van der Waals surface area (Å²) in [6, 6.07) is 10.8. The zero-order chi connectivity index (χ0) is 18.5. The number of hydrogen-bond donors (Lipinski definition) is 2. The highest BCUT2D eigenvalue weighted by Crippen LogP contribution is 2.23. The van der Waals surface area contributed by atoms with Gasteiger partial charge in [-0.1, -0.05) is 0 Å². The summed E-state index contributed by atoms with van der Waals surface area (Å²) in [5.74, 6) is -0.483. The molecule has 5 nitrogen and oxygen atoms in total. The van der Waals surface area contributed by atoms with E-state index in [2.05, 4.69) is 31.5 Å². The molecular formula is C19H22BrN3O2S. The number of carbonyl (C=O) groups is 2. The molecule has 2 aromatic rings. The van der Waals surface area contributed by atoms with Crippen LogP contribution in [0.15, 0.2) is 40.2 Å². The number of rotatable bonds is 5. The van der Waals surface area contributed by atoms with Gasteiger partial charge >= 0.3 is 0 Å². The van der Waals surface area contributed by atoms with Gasteiger partial charge in [0.05, 0.1) is 8.66 Å². The van der Waals surface area contributed by atoms with Gasteiger partial charge in [0.1, 0.15) is 6.04 Å². The molecule has 0 aliphatic carbocycles. The molecule has 3 rings (SSSR count). The molecule has 0 saturated carbocycles. The Labute approximate surface area is 165 Å². The normalized spacial score (nSPS) is 15.4. The summed E-state index contributed by atoms with van der Waals surface area (Å²) in [6.07, 6.45) is 3.77. The predicted octanol–water partition coefficient (Wildman–Crippen LogP) is 4.26. The minimum atomic E-state index is -0.620. The topological polar surface area (TPSA) is 61.4 Å². The maximum atomic E-state index is 12.3. The van der Waals surface area contributed by atoms with Crippen molar-refractivity contribution in [1.29, 1.82) is 0 Å². The predicted molar refractivity (Wildman–Crippen MR) is 110 cm³/mol. The summed E-state index contributed by atoms with van der Waals surface area (Å²) < 4.78 is 0.883. The van der Waals surface area contributed by atoms with Gasteiger partial charge in [-0.25, -0.2) is 0 Å². The van der Waals surface area contributed by atoms with E-state index >= 15 is 0 Å². The third kappa shape index (κ3) is 4.86. The minimum absolute atomic E-state index is 0.236. The summed E-state index contributed by atoms with van der Waals surface area (Å²) >= 11 is 4.67. The molecule has 1 aliphatic heterocycles. The average Bonchev–Trinajstić information content (AvgIpc) is 3.09. The molecule has 138 valence electrons. The van der Waals surface area contributed by atoms with Crippen LogP contribution in [0.3, 0.4) is 0 Å². The molecule has 26 heavy (non-hydrogen) atoms. The number of benzene rings is 1. The first-order chi connectivity index (χ1) is 12.5. The lowest BCUT2D eigenvalue weighted by molar-refractivity contribution is -0.117. The Balaban J connectivity index is 1.54. The first kappa shape index (κ1) is 18.9. The van der Waals surface area contributed by atoms with Crippen molar-refractivity contribution in [2.75, 3.05) is 23.3 Å². The van der Waals surface area contributed by atoms with Crippen molar-refractivity contribution in [3.05, 3.63) is 45.1 Å². The molecule has 1 fully saturated rings. The van der Waals surface area contributed by atoms with Crippen LogP contribution in [0.1, 0.15) is 35.9 Å². The molecule has 2 amide bonds. The Morgan fingerprint density at radius 2 is 1.77 bits per heavy atom. The standard InChI is InChI=1S/C19H22BrN3O2S/c1-13(21-19(25)16-9-10-17(20)26-16)18(24)22-14-5-7-15(8-6-14)23-11-3-2-4-12-23/h5-10,13H,2-4,11-12H2,1H3,(H,21,25)(H,22,24). The molecule has 0 bridgehead atoms. The molecule has 1 atom stereocenters. The Hall–Kier alpha value is -1.86. The zero-order valence-corrected chi connectivity index (χ0v) is 17.0. The maximum absolute atomic E-state index is 12.3. The van der Waals surface area contributed by atoms with Gasteiger partial charge in [-0.05, 0) is 78.5 Å². The number of thiophene rings is 1. The maximum Gasteiger partial charge on any atom is 0.262 e. The molecule has 1 aliphatic rings. The molecular weight excluding hydrogens is 414 g/mol. The van der Waals surface area contributed by atoms with Crippen LogP contribution >= 0.6 is 27.3 Å². The molecule has 1 aromatic heterocycles. The Bertz CT molecular complexity index is 769. The zero-order valence-electron chi connectivity index (χ0n) is 14.6. The van der Waals surface area contributed by atoms with Crippen LogP contribution in [-0.4, -0.2) is 30.9 Å². The molecule has 1 unspecified atom stereocenters. The summed E-state index contributed by atoms with van der Waals surface area (Å²) in [4.78, 5) is 27.4. The number of amides is 2. The third-order valence-electron chi connectivity index (χ3n) is 4.39. The second kappa shape index (κ2) is 8.68. The van der Waals surface area contributed by atoms with E-state index in [1.165, 1.54) is 36.3 Å². The minimum Gasteiger partial charge on any atom is -0.372 e. The van der Waals surface area contributed by atoms with Crippen molar-refractivity contribution in [3.63, 3.8) is 0 Å². The van der Waals surface area contributed by atoms with Crippen LogP contribution < -0.4 is 15.5 Å². The molecule has 1 saturated heterocycles. The van der Waals surface area contributed by atoms with E-state index in [0.29, 0.717) is 4.88 Å². The van der Waals surface area contributed by atoms with E-state index in [0.717, 1.165) is 22.6 Å². The highest BCUT2D eigenvalue weighted by Gasteiger charge is 2.18. The van der Waals surface area contributed by atoms with E-state index in [1.54, 1.807) is 13.0 Å². The summed E-state index contributed by atoms with van der Waals surface area (Å²) in [5, 5.41) is 5.58. The van der Waals surface area contributed by atoms with E-state index in [9.17, 15) is 9.59 Å². The van der Waals surface area contributed by atoms with Crippen LogP contribution in [-0.2, 0) is 4.79 Å². The molecule has 7 heteroatoms. The molecule has 1 aromatic carbocycles. The summed E-state index contributed by atoms with van der Waals surface area (Å²) in [6.45, 7) is 3.86. The quantitative estimate of drug-likeness (QED) is 0.737. The van der Waals surface area contributed by atoms with Gasteiger partial charge in [-0.3, -0.25) is 9.59 Å². The summed E-state index contributed by atoms with van der Waals surface area (Å²) in [7, 11) is 0. The molecule has 0 radical (unpaired) electrons. The van der Waals surface area contributed by atoms with Crippen molar-refractivity contribution in [1.82, 2.24) is 5.32 Å². The van der Waals surface area contributed by atoms with Gasteiger partial charge in [0.15, 0.2) is 0 Å².